The zero-order valence-electron chi connectivity index (χ0n) is 10.9. The number of amides is 1. The Morgan fingerprint density at radius 2 is 1.76 bits per heavy atom. The van der Waals surface area contributed by atoms with E-state index in [4.69, 9.17) is 0 Å². The van der Waals surface area contributed by atoms with Gasteiger partial charge in [-0.1, -0.05) is 0 Å². The topological polar surface area (TPSA) is 23.6 Å². The van der Waals surface area contributed by atoms with Gasteiger partial charge in [-0.05, 0) is 22.4 Å². The largest absolute Gasteiger partial charge is 0.463 e. The van der Waals surface area contributed by atoms with Crippen LogP contribution in [0.1, 0.15) is 5.56 Å². The van der Waals surface area contributed by atoms with Crippen LogP contribution in [0.2, 0.25) is 0 Å². The molecule has 21 heavy (non-hydrogen) atoms. The molecule has 0 atom stereocenters. The number of hydrogen-bond donors (Lipinski definition) is 0. The van der Waals surface area contributed by atoms with Crippen LogP contribution < -0.4 is 0 Å². The average molecular weight is 328 g/mol. The third-order valence-corrected chi connectivity index (χ3v) is 4.00. The maximum Gasteiger partial charge on any atom is 0.463 e. The lowest BCUT2D eigenvalue weighted by Crippen LogP contribution is -2.57. The standard InChI is InChI=1S/C12H13F5N2OS/c13-11(14,12(15,16)17)10(20)19-4-2-18(3-5-19)7-9-1-6-21-8-9/h1,6,8H,2-5,7H2. The Hall–Kier alpha value is -1.22. The molecule has 0 aliphatic carbocycles. The molecule has 1 aromatic heterocycles. The lowest BCUT2D eigenvalue weighted by Gasteiger charge is -2.36. The van der Waals surface area contributed by atoms with E-state index in [1.165, 1.54) is 11.3 Å². The van der Waals surface area contributed by atoms with Crippen molar-refractivity contribution < 1.29 is 26.7 Å². The molecule has 0 radical (unpaired) electrons. The van der Waals surface area contributed by atoms with Crippen LogP contribution in [0.4, 0.5) is 22.0 Å². The fourth-order valence-corrected chi connectivity index (χ4v) is 2.73. The highest BCUT2D eigenvalue weighted by atomic mass is 32.1. The van der Waals surface area contributed by atoms with Crippen LogP contribution in [0.5, 0.6) is 0 Å². The van der Waals surface area contributed by atoms with Gasteiger partial charge in [0.25, 0.3) is 0 Å². The minimum atomic E-state index is -5.85. The molecule has 0 spiro atoms. The molecular weight excluding hydrogens is 315 g/mol. The Morgan fingerprint density at radius 3 is 2.24 bits per heavy atom. The molecule has 2 heterocycles. The summed E-state index contributed by atoms with van der Waals surface area (Å²) < 4.78 is 62.4. The summed E-state index contributed by atoms with van der Waals surface area (Å²) >= 11 is 1.52. The van der Waals surface area contributed by atoms with Crippen LogP contribution in [-0.4, -0.2) is 54.0 Å². The van der Waals surface area contributed by atoms with E-state index in [2.05, 4.69) is 0 Å². The summed E-state index contributed by atoms with van der Waals surface area (Å²) in [6, 6.07) is 1.92. The van der Waals surface area contributed by atoms with E-state index in [9.17, 15) is 26.7 Å². The maximum absolute atomic E-state index is 13.0. The molecule has 1 amide bonds. The summed E-state index contributed by atoms with van der Waals surface area (Å²) in [4.78, 5) is 13.8. The highest BCUT2D eigenvalue weighted by Gasteiger charge is 2.64. The van der Waals surface area contributed by atoms with E-state index < -0.39 is 18.0 Å². The molecular formula is C12H13F5N2OS. The number of alkyl halides is 5. The first-order valence-corrected chi connectivity index (χ1v) is 7.13. The molecule has 0 bridgehead atoms. The molecule has 1 saturated heterocycles. The Bertz CT molecular complexity index is 480. The highest BCUT2D eigenvalue weighted by molar-refractivity contribution is 7.07. The molecule has 2 rings (SSSR count). The van der Waals surface area contributed by atoms with Gasteiger partial charge >= 0.3 is 18.0 Å². The molecule has 1 aromatic rings. The first kappa shape index (κ1) is 16.2. The molecule has 9 heteroatoms. The minimum Gasteiger partial charge on any atom is -0.335 e. The number of piperazine rings is 1. The fraction of sp³-hybridized carbons (Fsp3) is 0.583. The zero-order valence-corrected chi connectivity index (χ0v) is 11.7. The summed E-state index contributed by atoms with van der Waals surface area (Å²) in [5.41, 5.74) is 1.06. The second kappa shape index (κ2) is 5.88. The summed E-state index contributed by atoms with van der Waals surface area (Å²) in [5, 5.41) is 3.84. The van der Waals surface area contributed by atoms with Crippen molar-refractivity contribution in [2.24, 2.45) is 0 Å². The Kier molecular flexibility index (Phi) is 4.52. The van der Waals surface area contributed by atoms with Crippen molar-refractivity contribution >= 4 is 17.2 Å². The first-order chi connectivity index (χ1) is 9.72. The number of halogens is 5. The monoisotopic (exact) mass is 328 g/mol. The second-order valence-corrected chi connectivity index (χ2v) is 5.55. The zero-order chi connectivity index (χ0) is 15.7. The molecule has 0 unspecified atom stereocenters. The van der Waals surface area contributed by atoms with Crippen LogP contribution in [0.3, 0.4) is 0 Å². The van der Waals surface area contributed by atoms with Crippen molar-refractivity contribution in [2.45, 2.75) is 18.6 Å². The molecule has 3 nitrogen and oxygen atoms in total. The number of rotatable bonds is 3. The Labute approximate surface area is 121 Å². The lowest BCUT2D eigenvalue weighted by molar-refractivity contribution is -0.274. The van der Waals surface area contributed by atoms with Crippen molar-refractivity contribution in [3.05, 3.63) is 22.4 Å². The van der Waals surface area contributed by atoms with Gasteiger partial charge in [0.15, 0.2) is 0 Å². The normalized spacial score (nSPS) is 18.0. The fourth-order valence-electron chi connectivity index (χ4n) is 2.07. The third kappa shape index (κ3) is 3.52. The van der Waals surface area contributed by atoms with Gasteiger partial charge < -0.3 is 4.90 Å². The van der Waals surface area contributed by atoms with Crippen LogP contribution in [-0.2, 0) is 11.3 Å². The van der Waals surface area contributed by atoms with Crippen molar-refractivity contribution in [1.82, 2.24) is 9.80 Å². The molecule has 1 fully saturated rings. The van der Waals surface area contributed by atoms with E-state index in [1.807, 2.05) is 21.7 Å². The van der Waals surface area contributed by atoms with Crippen molar-refractivity contribution in [2.75, 3.05) is 26.2 Å². The first-order valence-electron chi connectivity index (χ1n) is 6.19. The van der Waals surface area contributed by atoms with Crippen molar-refractivity contribution in [3.63, 3.8) is 0 Å². The third-order valence-electron chi connectivity index (χ3n) is 3.27. The lowest BCUT2D eigenvalue weighted by atomic mass is 10.2. The van der Waals surface area contributed by atoms with E-state index in [-0.39, 0.29) is 26.2 Å². The molecule has 1 aliphatic rings. The van der Waals surface area contributed by atoms with Gasteiger partial charge in [0, 0.05) is 32.7 Å². The van der Waals surface area contributed by atoms with Crippen LogP contribution >= 0.6 is 11.3 Å². The second-order valence-electron chi connectivity index (χ2n) is 4.77. The number of hydrogen-bond acceptors (Lipinski definition) is 3. The smallest absolute Gasteiger partial charge is 0.335 e. The van der Waals surface area contributed by atoms with E-state index in [0.29, 0.717) is 11.4 Å². The summed E-state index contributed by atoms with van der Waals surface area (Å²) in [5.74, 6) is -7.48. The molecule has 0 saturated carbocycles. The summed E-state index contributed by atoms with van der Waals surface area (Å²) in [6.45, 7) is 0.884. The molecule has 1 aliphatic heterocycles. The molecule has 0 aromatic carbocycles. The highest BCUT2D eigenvalue weighted by Crippen LogP contribution is 2.37. The predicted octanol–water partition coefficient (Wildman–Crippen LogP) is 2.59. The minimum absolute atomic E-state index is 0.130. The molecule has 118 valence electrons. The Balaban J connectivity index is 1.90. The van der Waals surface area contributed by atoms with Gasteiger partial charge in [-0.25, -0.2) is 0 Å². The number of thiophene rings is 1. The maximum atomic E-state index is 13.0. The quantitative estimate of drug-likeness (QED) is 0.797. The van der Waals surface area contributed by atoms with E-state index in [1.54, 1.807) is 0 Å². The van der Waals surface area contributed by atoms with Crippen molar-refractivity contribution in [3.8, 4) is 0 Å². The molecule has 0 N–H and O–H groups in total. The van der Waals surface area contributed by atoms with E-state index in [0.717, 1.165) is 5.56 Å². The average Bonchev–Trinajstić information content (AvgIpc) is 2.90. The van der Waals surface area contributed by atoms with Crippen LogP contribution in [0.15, 0.2) is 16.8 Å². The van der Waals surface area contributed by atoms with Gasteiger partial charge in [-0.3, -0.25) is 9.69 Å². The SMILES string of the molecule is O=C(N1CCN(Cc2ccsc2)CC1)C(F)(F)C(F)(F)F. The van der Waals surface area contributed by atoms with Gasteiger partial charge in [-0.15, -0.1) is 0 Å². The summed E-state index contributed by atoms with van der Waals surface area (Å²) in [6.07, 6.45) is -5.85. The Morgan fingerprint density at radius 1 is 1.14 bits per heavy atom. The summed E-state index contributed by atoms with van der Waals surface area (Å²) in [7, 11) is 0. The number of nitrogens with zero attached hydrogens (tertiary/aromatic N) is 2. The van der Waals surface area contributed by atoms with Crippen molar-refractivity contribution in [1.29, 1.82) is 0 Å². The van der Waals surface area contributed by atoms with Gasteiger partial charge in [0.05, 0.1) is 0 Å². The number of carbonyl (C=O) groups excluding carboxylic acids is 1. The van der Waals surface area contributed by atoms with Gasteiger partial charge in [-0.2, -0.15) is 33.3 Å². The number of carbonyl (C=O) groups is 1. The van der Waals surface area contributed by atoms with E-state index >= 15 is 0 Å². The predicted molar refractivity (Wildman–Crippen MR) is 67.2 cm³/mol. The van der Waals surface area contributed by atoms with Gasteiger partial charge in [0.1, 0.15) is 0 Å². The van der Waals surface area contributed by atoms with Gasteiger partial charge in [0.2, 0.25) is 0 Å². The van der Waals surface area contributed by atoms with Crippen LogP contribution in [0.25, 0.3) is 0 Å². The van der Waals surface area contributed by atoms with Crippen LogP contribution in [0, 0.1) is 0 Å².